The van der Waals surface area contributed by atoms with Crippen molar-refractivity contribution in [2.45, 2.75) is 19.9 Å². The Kier molecular flexibility index (Phi) is 7.25. The summed E-state index contributed by atoms with van der Waals surface area (Å²) in [4.78, 5) is 0. The molecule has 2 heterocycles. The van der Waals surface area contributed by atoms with Gasteiger partial charge in [-0.25, -0.2) is 0 Å². The van der Waals surface area contributed by atoms with Crippen LogP contribution in [0.4, 0.5) is 5.69 Å². The van der Waals surface area contributed by atoms with Crippen LogP contribution >= 0.6 is 11.3 Å². The molecule has 1 atom stereocenters. The number of allylic oxidation sites excluding steroid dienone is 4. The van der Waals surface area contributed by atoms with E-state index < -0.39 is 0 Å². The second kappa shape index (κ2) is 12.1. The molecule has 6 aromatic carbocycles. The van der Waals surface area contributed by atoms with Crippen LogP contribution in [-0.4, -0.2) is 10.3 Å². The van der Waals surface area contributed by atoms with Gasteiger partial charge >= 0.3 is 0 Å². The number of hydrogen-bond donors (Lipinski definition) is 2. The number of benzene rings is 6. The largest absolute Gasteiger partial charge is 0.380 e. The Labute approximate surface area is 290 Å². The molecule has 0 aliphatic heterocycles. The number of anilines is 1. The van der Waals surface area contributed by atoms with E-state index in [0.717, 1.165) is 28.9 Å². The molecule has 1 aliphatic carbocycles. The number of thiophene rings is 1. The fourth-order valence-electron chi connectivity index (χ4n) is 7.45. The lowest BCUT2D eigenvalue weighted by Gasteiger charge is -2.20. The van der Waals surface area contributed by atoms with Crippen molar-refractivity contribution in [2.75, 3.05) is 5.32 Å². The second-order valence-corrected chi connectivity index (χ2v) is 14.1. The summed E-state index contributed by atoms with van der Waals surface area (Å²) < 4.78 is 5.09. The summed E-state index contributed by atoms with van der Waals surface area (Å²) in [5.41, 5.74) is 10.8. The normalized spacial score (nSPS) is 14.6. The highest BCUT2D eigenvalue weighted by Crippen LogP contribution is 2.43. The summed E-state index contributed by atoms with van der Waals surface area (Å²) in [6, 6.07) is 48.1. The van der Waals surface area contributed by atoms with Crippen molar-refractivity contribution >= 4 is 64.7 Å². The molecule has 9 rings (SSSR count). The van der Waals surface area contributed by atoms with Gasteiger partial charge in [-0.05, 0) is 71.0 Å². The van der Waals surface area contributed by atoms with E-state index >= 15 is 0 Å². The Morgan fingerprint density at radius 3 is 2.47 bits per heavy atom. The van der Waals surface area contributed by atoms with Gasteiger partial charge in [0.1, 0.15) is 0 Å². The van der Waals surface area contributed by atoms with Gasteiger partial charge in [-0.1, -0.05) is 122 Å². The van der Waals surface area contributed by atoms with E-state index in [1.54, 1.807) is 0 Å². The minimum atomic E-state index is 0.338. The fourth-order valence-corrected chi connectivity index (χ4v) is 8.69. The summed E-state index contributed by atoms with van der Waals surface area (Å²) in [5.74, 6) is 0.338. The van der Waals surface area contributed by atoms with Crippen molar-refractivity contribution in [1.82, 2.24) is 4.57 Å². The first-order chi connectivity index (χ1) is 24.1. The van der Waals surface area contributed by atoms with Gasteiger partial charge in [-0.3, -0.25) is 5.41 Å². The lowest BCUT2D eigenvalue weighted by Crippen LogP contribution is -2.14. The molecule has 0 bridgehead atoms. The molecule has 1 aliphatic rings. The Bertz CT molecular complexity index is 2620. The van der Waals surface area contributed by atoms with E-state index in [0.29, 0.717) is 18.2 Å². The van der Waals surface area contributed by atoms with Crippen molar-refractivity contribution < 1.29 is 0 Å². The number of aromatic nitrogens is 1. The van der Waals surface area contributed by atoms with E-state index in [1.807, 2.05) is 23.5 Å². The molecule has 4 heteroatoms. The number of nitrogens with zero attached hydrogens (tertiary/aromatic N) is 1. The third-order valence-electron chi connectivity index (χ3n) is 9.95. The lowest BCUT2D eigenvalue weighted by atomic mass is 9.87. The summed E-state index contributed by atoms with van der Waals surface area (Å²) in [6.45, 7) is 2.86. The molecule has 8 aromatic rings. The molecule has 0 saturated carbocycles. The first-order valence-electron chi connectivity index (χ1n) is 17.0. The molecule has 2 aromatic heterocycles. The molecule has 49 heavy (non-hydrogen) atoms. The summed E-state index contributed by atoms with van der Waals surface area (Å²) in [6.07, 6.45) is 7.33. The predicted molar refractivity (Wildman–Crippen MR) is 211 cm³/mol. The van der Waals surface area contributed by atoms with E-state index in [9.17, 15) is 0 Å². The summed E-state index contributed by atoms with van der Waals surface area (Å²) in [7, 11) is 0. The topological polar surface area (TPSA) is 40.8 Å². The zero-order chi connectivity index (χ0) is 32.9. The van der Waals surface area contributed by atoms with Crippen molar-refractivity contribution in [1.29, 1.82) is 5.41 Å². The Morgan fingerprint density at radius 1 is 0.755 bits per heavy atom. The van der Waals surface area contributed by atoms with Gasteiger partial charge in [-0.15, -0.1) is 11.3 Å². The number of hydrogen-bond acceptors (Lipinski definition) is 3. The zero-order valence-electron chi connectivity index (χ0n) is 27.3. The Morgan fingerprint density at radius 2 is 1.57 bits per heavy atom. The molecule has 1 unspecified atom stereocenters. The fraction of sp³-hybridized carbons (Fsp3) is 0.0889. The van der Waals surface area contributed by atoms with Crippen LogP contribution in [0.3, 0.4) is 0 Å². The van der Waals surface area contributed by atoms with Gasteiger partial charge in [0.2, 0.25) is 0 Å². The van der Waals surface area contributed by atoms with Crippen LogP contribution in [0.25, 0.3) is 58.8 Å². The third kappa shape index (κ3) is 5.08. The smallest absolute Gasteiger partial charge is 0.0719 e. The molecule has 2 N–H and O–H groups in total. The molecule has 0 amide bonds. The second-order valence-electron chi connectivity index (χ2n) is 13.0. The van der Waals surface area contributed by atoms with Gasteiger partial charge < -0.3 is 9.88 Å². The molecule has 3 nitrogen and oxygen atoms in total. The van der Waals surface area contributed by atoms with Crippen molar-refractivity contribution in [2.24, 2.45) is 5.92 Å². The first kappa shape index (κ1) is 29.4. The Balaban J connectivity index is 1.16. The molecular weight excluding hydrogens is 615 g/mol. The van der Waals surface area contributed by atoms with Crippen LogP contribution < -0.4 is 5.32 Å². The first-order valence-corrected chi connectivity index (χ1v) is 17.8. The SMILES string of the molecule is CC1CC=CC=C1C(=N)c1ccccc1NCc1cccc(-n2c3ccc(-c4ccccc4)cc3c3ccc4c5ccccc5sc4c32)c1. The zero-order valence-corrected chi connectivity index (χ0v) is 28.1. The maximum atomic E-state index is 9.09. The highest BCUT2D eigenvalue weighted by Gasteiger charge is 2.20. The molecule has 0 spiro atoms. The quantitative estimate of drug-likeness (QED) is 0.166. The molecule has 0 radical (unpaired) electrons. The summed E-state index contributed by atoms with van der Waals surface area (Å²) in [5, 5.41) is 17.9. The average molecular weight is 650 g/mol. The van der Waals surface area contributed by atoms with Crippen LogP contribution in [0.15, 0.2) is 157 Å². The van der Waals surface area contributed by atoms with Gasteiger partial charge in [0.15, 0.2) is 0 Å². The minimum absolute atomic E-state index is 0.338. The van der Waals surface area contributed by atoms with Crippen LogP contribution in [-0.2, 0) is 6.54 Å². The van der Waals surface area contributed by atoms with Crippen molar-refractivity contribution in [3.63, 3.8) is 0 Å². The van der Waals surface area contributed by atoms with Crippen LogP contribution in [0.1, 0.15) is 24.5 Å². The number of para-hydroxylation sites is 1. The number of fused-ring (bicyclic) bond motifs is 7. The standard InChI is InChI=1S/C45H35N3S/c1-29-12-5-6-17-34(29)43(46)38-19-7-9-20-40(38)47-28-30-13-11-16-33(26-30)48-41-25-22-32(31-14-3-2-4-15-31)27-39(41)36-23-24-37-35-18-8-10-21-42(35)49-45(37)44(36)48/h2-11,13-27,29,46-47H,12,28H2,1H3. The minimum Gasteiger partial charge on any atom is -0.380 e. The number of nitrogens with one attached hydrogen (secondary N) is 2. The van der Waals surface area contributed by atoms with Gasteiger partial charge in [0.25, 0.3) is 0 Å². The van der Waals surface area contributed by atoms with Crippen molar-refractivity contribution in [3.8, 4) is 16.8 Å². The van der Waals surface area contributed by atoms with Gasteiger partial charge in [-0.2, -0.15) is 0 Å². The van der Waals surface area contributed by atoms with Crippen molar-refractivity contribution in [3.05, 3.63) is 168 Å². The third-order valence-corrected chi connectivity index (χ3v) is 11.1. The number of rotatable bonds is 7. The van der Waals surface area contributed by atoms with Gasteiger partial charge in [0, 0.05) is 49.7 Å². The predicted octanol–water partition coefficient (Wildman–Crippen LogP) is 12.3. The summed E-state index contributed by atoms with van der Waals surface area (Å²) >= 11 is 1.88. The maximum absolute atomic E-state index is 9.09. The van der Waals surface area contributed by atoms with Gasteiger partial charge in [0.05, 0.1) is 21.4 Å². The monoisotopic (exact) mass is 649 g/mol. The van der Waals surface area contributed by atoms with Crippen LogP contribution in [0.5, 0.6) is 0 Å². The van der Waals surface area contributed by atoms with E-state index in [4.69, 9.17) is 5.41 Å². The highest BCUT2D eigenvalue weighted by molar-refractivity contribution is 7.26. The van der Waals surface area contributed by atoms with Crippen LogP contribution in [0, 0.1) is 11.3 Å². The van der Waals surface area contributed by atoms with E-state index in [-0.39, 0.29) is 0 Å². The lowest BCUT2D eigenvalue weighted by molar-refractivity contribution is 0.712. The Hall–Kier alpha value is -5.71. The van der Waals surface area contributed by atoms with E-state index in [2.05, 4.69) is 156 Å². The maximum Gasteiger partial charge on any atom is 0.0719 e. The molecular formula is C45H35N3S. The molecule has 0 fully saturated rings. The van der Waals surface area contributed by atoms with E-state index in [1.165, 1.54) is 58.7 Å². The average Bonchev–Trinajstić information content (AvgIpc) is 3.70. The molecule has 236 valence electrons. The highest BCUT2D eigenvalue weighted by atomic mass is 32.1. The molecule has 0 saturated heterocycles. The van der Waals surface area contributed by atoms with Crippen LogP contribution in [0.2, 0.25) is 0 Å².